The molecule has 1 aliphatic rings. The second-order valence-corrected chi connectivity index (χ2v) is 7.37. The molecule has 0 amide bonds. The van der Waals surface area contributed by atoms with Crippen LogP contribution in [0.4, 0.5) is 0 Å². The molecule has 160 valence electrons. The van der Waals surface area contributed by atoms with Crippen LogP contribution in [-0.4, -0.2) is 53.3 Å². The van der Waals surface area contributed by atoms with Crippen molar-refractivity contribution < 1.29 is 24.5 Å². The van der Waals surface area contributed by atoms with Gasteiger partial charge in [-0.05, 0) is 31.5 Å². The predicted octanol–water partition coefficient (Wildman–Crippen LogP) is 4.25. The van der Waals surface area contributed by atoms with Crippen LogP contribution in [0.25, 0.3) is 0 Å². The highest BCUT2D eigenvalue weighted by molar-refractivity contribution is 6.31. The molecule has 1 aliphatic heterocycles. The van der Waals surface area contributed by atoms with Crippen LogP contribution >= 0.6 is 11.6 Å². The van der Waals surface area contributed by atoms with Crippen molar-refractivity contribution in [3.8, 4) is 0 Å². The molecule has 7 heteroatoms. The summed E-state index contributed by atoms with van der Waals surface area (Å²) in [4.78, 5) is 21.5. The molecule has 1 saturated heterocycles. The van der Waals surface area contributed by atoms with Crippen molar-refractivity contribution in [1.82, 2.24) is 4.90 Å². The van der Waals surface area contributed by atoms with Crippen LogP contribution in [0, 0.1) is 0 Å². The molecule has 30 heavy (non-hydrogen) atoms. The van der Waals surface area contributed by atoms with E-state index in [1.165, 1.54) is 0 Å². The molecular formula is C23H26ClNO5. The zero-order valence-corrected chi connectivity index (χ0v) is 17.5. The largest absolute Gasteiger partial charge is 0.478 e. The van der Waals surface area contributed by atoms with Gasteiger partial charge in [0.25, 0.3) is 0 Å². The third-order valence-electron chi connectivity index (χ3n) is 4.65. The summed E-state index contributed by atoms with van der Waals surface area (Å²) in [6.45, 7) is 2.18. The van der Waals surface area contributed by atoms with Crippen molar-refractivity contribution in [3.05, 3.63) is 82.9 Å². The van der Waals surface area contributed by atoms with Crippen molar-refractivity contribution in [3.63, 3.8) is 0 Å². The van der Waals surface area contributed by atoms with Gasteiger partial charge in [0.2, 0.25) is 0 Å². The van der Waals surface area contributed by atoms with Gasteiger partial charge >= 0.3 is 11.9 Å². The number of aliphatic carboxylic acids is 2. The van der Waals surface area contributed by atoms with Gasteiger partial charge in [-0.15, -0.1) is 0 Å². The summed E-state index contributed by atoms with van der Waals surface area (Å²) in [7, 11) is 2.17. The van der Waals surface area contributed by atoms with Crippen LogP contribution in [-0.2, 0) is 14.3 Å². The van der Waals surface area contributed by atoms with E-state index in [9.17, 15) is 9.59 Å². The summed E-state index contributed by atoms with van der Waals surface area (Å²) < 4.78 is 6.48. The Kier molecular flexibility index (Phi) is 9.54. The van der Waals surface area contributed by atoms with Crippen LogP contribution in [0.1, 0.15) is 30.1 Å². The first-order valence-electron chi connectivity index (χ1n) is 9.64. The van der Waals surface area contributed by atoms with Gasteiger partial charge in [-0.3, -0.25) is 0 Å². The van der Waals surface area contributed by atoms with Gasteiger partial charge in [0.05, 0.1) is 6.10 Å². The number of piperidine rings is 1. The Morgan fingerprint density at radius 3 is 2.07 bits per heavy atom. The Morgan fingerprint density at radius 1 is 1.00 bits per heavy atom. The van der Waals surface area contributed by atoms with Gasteiger partial charge in [0.1, 0.15) is 6.10 Å². The Morgan fingerprint density at radius 2 is 1.53 bits per heavy atom. The molecule has 0 bridgehead atoms. The lowest BCUT2D eigenvalue weighted by molar-refractivity contribution is -0.134. The highest BCUT2D eigenvalue weighted by Crippen LogP contribution is 2.33. The molecule has 1 heterocycles. The first-order valence-corrected chi connectivity index (χ1v) is 10.0. The van der Waals surface area contributed by atoms with E-state index in [0.717, 1.165) is 42.1 Å². The van der Waals surface area contributed by atoms with E-state index in [2.05, 4.69) is 42.3 Å². The fourth-order valence-electron chi connectivity index (χ4n) is 3.10. The van der Waals surface area contributed by atoms with Gasteiger partial charge in [-0.1, -0.05) is 60.1 Å². The van der Waals surface area contributed by atoms with E-state index < -0.39 is 11.9 Å². The van der Waals surface area contributed by atoms with E-state index >= 15 is 0 Å². The van der Waals surface area contributed by atoms with E-state index in [4.69, 9.17) is 26.6 Å². The highest BCUT2D eigenvalue weighted by Gasteiger charge is 2.24. The van der Waals surface area contributed by atoms with E-state index in [0.29, 0.717) is 12.2 Å². The fourth-order valence-corrected chi connectivity index (χ4v) is 3.34. The molecule has 2 N–H and O–H groups in total. The number of halogens is 1. The molecule has 1 unspecified atom stereocenters. The molecule has 0 aliphatic carbocycles. The second-order valence-electron chi connectivity index (χ2n) is 6.96. The Bertz CT molecular complexity index is 832. The maximum Gasteiger partial charge on any atom is 0.328 e. The quantitative estimate of drug-likeness (QED) is 0.665. The van der Waals surface area contributed by atoms with Crippen molar-refractivity contribution >= 4 is 23.5 Å². The first kappa shape index (κ1) is 23.6. The summed E-state index contributed by atoms with van der Waals surface area (Å²) in [5.41, 5.74) is 2.21. The lowest BCUT2D eigenvalue weighted by Crippen LogP contribution is -2.35. The Hall–Kier alpha value is -2.67. The monoisotopic (exact) mass is 431 g/mol. The first-order chi connectivity index (χ1) is 14.4. The SMILES string of the molecule is CN1CCC(OC(c2ccccc2)c2ccccc2Cl)CC1.O=C(O)/C=C/C(=O)O. The number of carboxylic acids is 2. The molecule has 0 aromatic heterocycles. The molecule has 0 radical (unpaired) electrons. The Labute approximate surface area is 181 Å². The minimum Gasteiger partial charge on any atom is -0.478 e. The molecular weight excluding hydrogens is 406 g/mol. The topological polar surface area (TPSA) is 87.1 Å². The van der Waals surface area contributed by atoms with Crippen LogP contribution in [0.15, 0.2) is 66.7 Å². The smallest absolute Gasteiger partial charge is 0.328 e. The van der Waals surface area contributed by atoms with E-state index in [1.54, 1.807) is 0 Å². The summed E-state index contributed by atoms with van der Waals surface area (Å²) in [6, 6.07) is 18.3. The van der Waals surface area contributed by atoms with Crippen LogP contribution in [0.2, 0.25) is 5.02 Å². The van der Waals surface area contributed by atoms with E-state index in [1.807, 2.05) is 24.3 Å². The summed E-state index contributed by atoms with van der Waals surface area (Å²) in [6.07, 6.45) is 3.46. The Balaban J connectivity index is 0.000000343. The fraction of sp³-hybridized carbons (Fsp3) is 0.304. The maximum absolute atomic E-state index is 9.55. The molecule has 0 spiro atoms. The molecule has 2 aromatic carbocycles. The number of ether oxygens (including phenoxy) is 1. The molecule has 0 saturated carbocycles. The number of carboxylic acid groups (broad SMARTS) is 2. The number of carbonyl (C=O) groups is 2. The lowest BCUT2D eigenvalue weighted by atomic mass is 10.00. The number of likely N-dealkylation sites (tertiary alicyclic amines) is 1. The third-order valence-corrected chi connectivity index (χ3v) is 5.00. The predicted molar refractivity (Wildman–Crippen MR) is 116 cm³/mol. The average molecular weight is 432 g/mol. The lowest BCUT2D eigenvalue weighted by Gasteiger charge is -2.32. The zero-order valence-electron chi connectivity index (χ0n) is 16.8. The maximum atomic E-state index is 9.55. The van der Waals surface area contributed by atoms with Crippen LogP contribution in [0.3, 0.4) is 0 Å². The normalized spacial score (nSPS) is 15.9. The third kappa shape index (κ3) is 7.99. The zero-order chi connectivity index (χ0) is 21.9. The molecule has 1 fully saturated rings. The average Bonchev–Trinajstić information content (AvgIpc) is 2.74. The van der Waals surface area contributed by atoms with Gasteiger partial charge in [-0.25, -0.2) is 9.59 Å². The van der Waals surface area contributed by atoms with Crippen molar-refractivity contribution in [2.24, 2.45) is 0 Å². The summed E-state index contributed by atoms with van der Waals surface area (Å²) >= 11 is 6.42. The summed E-state index contributed by atoms with van der Waals surface area (Å²) in [5.74, 6) is -2.51. The molecule has 3 rings (SSSR count). The van der Waals surface area contributed by atoms with Gasteiger partial charge in [-0.2, -0.15) is 0 Å². The van der Waals surface area contributed by atoms with Crippen molar-refractivity contribution in [2.75, 3.05) is 20.1 Å². The highest BCUT2D eigenvalue weighted by atomic mass is 35.5. The van der Waals surface area contributed by atoms with E-state index in [-0.39, 0.29) is 12.2 Å². The number of hydrogen-bond acceptors (Lipinski definition) is 4. The van der Waals surface area contributed by atoms with Gasteiger partial charge in [0, 0.05) is 35.8 Å². The number of nitrogens with zero attached hydrogens (tertiary/aromatic N) is 1. The standard InChI is InChI=1S/C19H22ClNO.C4H4O4/c1-21-13-11-16(12-14-21)22-19(15-7-3-2-4-8-15)17-9-5-6-10-18(17)20;5-3(6)1-2-4(7)8/h2-10,16,19H,11-14H2,1H3;1-2H,(H,5,6)(H,7,8)/b;2-1+. The van der Waals surface area contributed by atoms with Crippen LogP contribution < -0.4 is 0 Å². The molecule has 6 nitrogen and oxygen atoms in total. The number of hydrogen-bond donors (Lipinski definition) is 2. The summed E-state index contributed by atoms with van der Waals surface area (Å²) in [5, 5.41) is 16.4. The molecule has 1 atom stereocenters. The van der Waals surface area contributed by atoms with Crippen molar-refractivity contribution in [2.45, 2.75) is 25.0 Å². The second kappa shape index (κ2) is 12.1. The number of rotatable bonds is 6. The van der Waals surface area contributed by atoms with Crippen molar-refractivity contribution in [1.29, 1.82) is 0 Å². The van der Waals surface area contributed by atoms with Gasteiger partial charge < -0.3 is 19.8 Å². The number of benzene rings is 2. The van der Waals surface area contributed by atoms with Crippen LogP contribution in [0.5, 0.6) is 0 Å². The minimum absolute atomic E-state index is 0.0942. The molecule has 2 aromatic rings. The minimum atomic E-state index is -1.26. The van der Waals surface area contributed by atoms with Gasteiger partial charge in [0.15, 0.2) is 0 Å².